The predicted octanol–water partition coefficient (Wildman–Crippen LogP) is 3.61. The van der Waals surface area contributed by atoms with Crippen molar-refractivity contribution in [3.63, 3.8) is 0 Å². The molecule has 2 aromatic carbocycles. The van der Waals surface area contributed by atoms with Crippen LogP contribution in [0.2, 0.25) is 5.02 Å². The highest BCUT2D eigenvalue weighted by Gasteiger charge is 2.28. The summed E-state index contributed by atoms with van der Waals surface area (Å²) in [6.45, 7) is 1.88. The Bertz CT molecular complexity index is 765. The Hall–Kier alpha value is -2.64. The van der Waals surface area contributed by atoms with Gasteiger partial charge in [-0.2, -0.15) is 5.26 Å². The van der Waals surface area contributed by atoms with Crippen molar-refractivity contribution < 1.29 is 9.59 Å². The number of nitriles is 1. The minimum Gasteiger partial charge on any atom is -0.325 e. The van der Waals surface area contributed by atoms with Crippen LogP contribution in [0.3, 0.4) is 0 Å². The summed E-state index contributed by atoms with van der Waals surface area (Å²) in [5.41, 5.74) is 1.66. The Balaban J connectivity index is 2.21. The summed E-state index contributed by atoms with van der Waals surface area (Å²) in [4.78, 5) is 24.5. The van der Waals surface area contributed by atoms with E-state index in [9.17, 15) is 14.9 Å². The molecule has 22 heavy (non-hydrogen) atoms. The van der Waals surface area contributed by atoms with Gasteiger partial charge in [0.15, 0.2) is 11.7 Å². The van der Waals surface area contributed by atoms with Crippen LogP contribution in [0.1, 0.15) is 15.9 Å². The maximum absolute atomic E-state index is 12.3. The molecule has 1 atom stereocenters. The predicted molar refractivity (Wildman–Crippen MR) is 84.7 cm³/mol. The Morgan fingerprint density at radius 3 is 2.55 bits per heavy atom. The zero-order valence-electron chi connectivity index (χ0n) is 11.8. The zero-order chi connectivity index (χ0) is 16.1. The number of carbonyl (C=O) groups is 2. The first-order chi connectivity index (χ1) is 10.5. The molecule has 0 aliphatic carbocycles. The van der Waals surface area contributed by atoms with Crippen molar-refractivity contribution in [1.82, 2.24) is 0 Å². The molecule has 110 valence electrons. The lowest BCUT2D eigenvalue weighted by atomic mass is 9.98. The maximum Gasteiger partial charge on any atom is 0.249 e. The molecule has 0 bridgehead atoms. The third-order valence-electron chi connectivity index (χ3n) is 3.08. The first-order valence-electron chi connectivity index (χ1n) is 6.59. The fourth-order valence-corrected chi connectivity index (χ4v) is 2.22. The standard InChI is InChI=1S/C17H13ClN2O2/c1-11-5-4-6-12(9-11)20-17(22)14(10-19)16(21)13-7-2-3-8-15(13)18/h2-9,14H,1H3,(H,20,22). The molecule has 1 N–H and O–H groups in total. The second-order valence-electron chi connectivity index (χ2n) is 4.76. The monoisotopic (exact) mass is 312 g/mol. The van der Waals surface area contributed by atoms with E-state index in [1.54, 1.807) is 42.5 Å². The van der Waals surface area contributed by atoms with Crippen LogP contribution in [-0.2, 0) is 4.79 Å². The molecule has 0 aliphatic rings. The number of anilines is 1. The smallest absolute Gasteiger partial charge is 0.249 e. The lowest BCUT2D eigenvalue weighted by molar-refractivity contribution is -0.117. The van der Waals surface area contributed by atoms with Gasteiger partial charge in [0.2, 0.25) is 5.91 Å². The summed E-state index contributed by atoms with van der Waals surface area (Å²) < 4.78 is 0. The van der Waals surface area contributed by atoms with Gasteiger partial charge in [-0.25, -0.2) is 0 Å². The van der Waals surface area contributed by atoms with Gasteiger partial charge < -0.3 is 5.32 Å². The molecule has 1 amide bonds. The van der Waals surface area contributed by atoms with E-state index in [0.29, 0.717) is 5.69 Å². The molecule has 0 spiro atoms. The minimum atomic E-state index is -1.44. The van der Waals surface area contributed by atoms with Gasteiger partial charge in [0, 0.05) is 11.3 Å². The van der Waals surface area contributed by atoms with Crippen molar-refractivity contribution >= 4 is 29.0 Å². The summed E-state index contributed by atoms with van der Waals surface area (Å²) in [5, 5.41) is 12.0. The van der Waals surface area contributed by atoms with Crippen molar-refractivity contribution in [2.45, 2.75) is 6.92 Å². The lowest BCUT2D eigenvalue weighted by Gasteiger charge is -2.11. The molecule has 0 saturated heterocycles. The van der Waals surface area contributed by atoms with Crippen LogP contribution in [0.25, 0.3) is 0 Å². The number of amides is 1. The fraction of sp³-hybridized carbons (Fsp3) is 0.118. The van der Waals surface area contributed by atoms with Gasteiger partial charge in [-0.05, 0) is 36.8 Å². The number of nitrogens with zero attached hydrogens (tertiary/aromatic N) is 1. The third-order valence-corrected chi connectivity index (χ3v) is 3.41. The van der Waals surface area contributed by atoms with Crippen molar-refractivity contribution in [3.8, 4) is 6.07 Å². The highest BCUT2D eigenvalue weighted by molar-refractivity contribution is 6.35. The van der Waals surface area contributed by atoms with E-state index in [0.717, 1.165) is 5.56 Å². The van der Waals surface area contributed by atoms with E-state index >= 15 is 0 Å². The molecule has 0 aliphatic heterocycles. The van der Waals surface area contributed by atoms with Crippen molar-refractivity contribution in [3.05, 3.63) is 64.7 Å². The van der Waals surface area contributed by atoms with Crippen molar-refractivity contribution in [2.24, 2.45) is 5.92 Å². The summed E-state index contributed by atoms with van der Waals surface area (Å²) in [5.74, 6) is -2.73. The summed E-state index contributed by atoms with van der Waals surface area (Å²) in [6, 6.07) is 15.2. The van der Waals surface area contributed by atoms with E-state index in [4.69, 9.17) is 11.6 Å². The SMILES string of the molecule is Cc1cccc(NC(=O)C(C#N)C(=O)c2ccccc2Cl)c1. The number of hydrogen-bond acceptors (Lipinski definition) is 3. The largest absolute Gasteiger partial charge is 0.325 e. The summed E-state index contributed by atoms with van der Waals surface area (Å²) in [6.07, 6.45) is 0. The topological polar surface area (TPSA) is 70.0 Å². The number of halogens is 1. The van der Waals surface area contributed by atoms with Crippen LogP contribution in [0.5, 0.6) is 0 Å². The van der Waals surface area contributed by atoms with E-state index in [1.807, 2.05) is 13.0 Å². The Morgan fingerprint density at radius 2 is 1.91 bits per heavy atom. The highest BCUT2D eigenvalue weighted by Crippen LogP contribution is 2.20. The Kier molecular flexibility index (Phi) is 4.92. The number of ketones is 1. The molecule has 0 radical (unpaired) electrons. The quantitative estimate of drug-likeness (QED) is 0.692. The van der Waals surface area contributed by atoms with Gasteiger partial charge in [-0.3, -0.25) is 9.59 Å². The number of rotatable bonds is 4. The van der Waals surface area contributed by atoms with Crippen LogP contribution >= 0.6 is 11.6 Å². The molecule has 1 unspecified atom stereocenters. The van der Waals surface area contributed by atoms with Gasteiger partial charge in [0.05, 0.1) is 11.1 Å². The van der Waals surface area contributed by atoms with Gasteiger partial charge in [0.25, 0.3) is 0 Å². The number of Topliss-reactive ketones (excluding diaryl/α,β-unsaturated/α-hetero) is 1. The molecule has 0 fully saturated rings. The minimum absolute atomic E-state index is 0.162. The van der Waals surface area contributed by atoms with Gasteiger partial charge in [0.1, 0.15) is 0 Å². The van der Waals surface area contributed by atoms with E-state index in [2.05, 4.69) is 5.32 Å². The number of benzene rings is 2. The number of carbonyl (C=O) groups excluding carboxylic acids is 2. The molecular weight excluding hydrogens is 300 g/mol. The number of aryl methyl sites for hydroxylation is 1. The number of hydrogen-bond donors (Lipinski definition) is 1. The van der Waals surface area contributed by atoms with E-state index < -0.39 is 17.6 Å². The average Bonchev–Trinajstić information content (AvgIpc) is 2.48. The maximum atomic E-state index is 12.3. The average molecular weight is 313 g/mol. The van der Waals surface area contributed by atoms with Crippen LogP contribution in [-0.4, -0.2) is 11.7 Å². The van der Waals surface area contributed by atoms with Crippen LogP contribution < -0.4 is 5.32 Å². The van der Waals surface area contributed by atoms with Gasteiger partial charge in [-0.15, -0.1) is 0 Å². The molecule has 0 saturated carbocycles. The molecular formula is C17H13ClN2O2. The third kappa shape index (κ3) is 3.51. The first-order valence-corrected chi connectivity index (χ1v) is 6.96. The molecule has 0 aromatic heterocycles. The normalized spacial score (nSPS) is 11.3. The van der Waals surface area contributed by atoms with Crippen LogP contribution in [0, 0.1) is 24.2 Å². The van der Waals surface area contributed by atoms with Crippen LogP contribution in [0.15, 0.2) is 48.5 Å². The number of nitrogens with one attached hydrogen (secondary N) is 1. The molecule has 5 heteroatoms. The van der Waals surface area contributed by atoms with E-state index in [-0.39, 0.29) is 10.6 Å². The lowest BCUT2D eigenvalue weighted by Crippen LogP contribution is -2.28. The second-order valence-corrected chi connectivity index (χ2v) is 5.17. The Labute approximate surface area is 133 Å². The van der Waals surface area contributed by atoms with E-state index in [1.165, 1.54) is 6.07 Å². The van der Waals surface area contributed by atoms with Crippen molar-refractivity contribution in [1.29, 1.82) is 5.26 Å². The molecule has 2 rings (SSSR count). The molecule has 2 aromatic rings. The highest BCUT2D eigenvalue weighted by atomic mass is 35.5. The first kappa shape index (κ1) is 15.7. The van der Waals surface area contributed by atoms with Crippen molar-refractivity contribution in [2.75, 3.05) is 5.32 Å². The zero-order valence-corrected chi connectivity index (χ0v) is 12.6. The fourth-order valence-electron chi connectivity index (χ4n) is 1.99. The summed E-state index contributed by atoms with van der Waals surface area (Å²) >= 11 is 5.94. The Morgan fingerprint density at radius 1 is 1.18 bits per heavy atom. The summed E-state index contributed by atoms with van der Waals surface area (Å²) in [7, 11) is 0. The molecule has 4 nitrogen and oxygen atoms in total. The molecule has 0 heterocycles. The van der Waals surface area contributed by atoms with Gasteiger partial charge >= 0.3 is 0 Å². The van der Waals surface area contributed by atoms with Crippen LogP contribution in [0.4, 0.5) is 5.69 Å². The second kappa shape index (κ2) is 6.88. The van der Waals surface area contributed by atoms with Gasteiger partial charge in [-0.1, -0.05) is 35.9 Å².